The molecule has 22 heavy (non-hydrogen) atoms. The smallest absolute Gasteiger partial charge is 0.255 e. The van der Waals surface area contributed by atoms with Gasteiger partial charge in [0, 0.05) is 10.6 Å². The van der Waals surface area contributed by atoms with Gasteiger partial charge in [-0.1, -0.05) is 34.8 Å². The number of nitrogens with one attached hydrogen (secondary N) is 1. The summed E-state index contributed by atoms with van der Waals surface area (Å²) in [7, 11) is -4.03. The quantitative estimate of drug-likeness (QED) is 0.854. The zero-order chi connectivity index (χ0) is 16.5. The van der Waals surface area contributed by atoms with Crippen LogP contribution in [-0.4, -0.2) is 14.3 Å². The van der Waals surface area contributed by atoms with Gasteiger partial charge in [-0.3, -0.25) is 4.79 Å². The molecule has 0 aliphatic carbocycles. The average molecular weight is 380 g/mol. The number of carbonyl (C=O) groups excluding carboxylic acids is 1. The molecule has 5 nitrogen and oxygen atoms in total. The summed E-state index contributed by atoms with van der Waals surface area (Å²) in [4.78, 5) is 11.8. The summed E-state index contributed by atoms with van der Waals surface area (Å²) in [6.45, 7) is 0. The van der Waals surface area contributed by atoms with Gasteiger partial charge >= 0.3 is 0 Å². The number of primary sulfonamides is 1. The molecule has 2 rings (SSSR count). The van der Waals surface area contributed by atoms with E-state index in [1.54, 1.807) is 6.07 Å². The largest absolute Gasteiger partial charge is 0.321 e. The van der Waals surface area contributed by atoms with E-state index in [9.17, 15) is 13.2 Å². The second-order valence-corrected chi connectivity index (χ2v) is 7.05. The Balaban J connectivity index is 2.34. The molecule has 1 amide bonds. The summed E-state index contributed by atoms with van der Waals surface area (Å²) in [6.07, 6.45) is 0. The molecule has 0 aromatic heterocycles. The summed E-state index contributed by atoms with van der Waals surface area (Å²) in [6, 6.07) is 8.29. The van der Waals surface area contributed by atoms with Crippen LogP contribution in [0, 0.1) is 0 Å². The van der Waals surface area contributed by atoms with Crippen molar-refractivity contribution in [2.24, 2.45) is 5.14 Å². The maximum absolute atomic E-state index is 12.2. The minimum Gasteiger partial charge on any atom is -0.321 e. The SMILES string of the molecule is NS(=O)(=O)c1cc(C(=O)Nc2ccc(Cl)cc2Cl)ccc1Cl. The predicted octanol–water partition coefficient (Wildman–Crippen LogP) is 3.55. The van der Waals surface area contributed by atoms with E-state index in [1.807, 2.05) is 0 Å². The van der Waals surface area contributed by atoms with Crippen LogP contribution in [0.4, 0.5) is 5.69 Å². The first-order valence-corrected chi connectivity index (χ1v) is 8.45. The molecule has 0 unspecified atom stereocenters. The Hall–Kier alpha value is -1.31. The average Bonchev–Trinajstić information content (AvgIpc) is 2.41. The summed E-state index contributed by atoms with van der Waals surface area (Å²) in [5.74, 6) is -0.564. The number of amides is 1. The summed E-state index contributed by atoms with van der Waals surface area (Å²) >= 11 is 17.5. The van der Waals surface area contributed by atoms with Crippen molar-refractivity contribution >= 4 is 56.4 Å². The highest BCUT2D eigenvalue weighted by Crippen LogP contribution is 2.27. The molecule has 0 radical (unpaired) electrons. The Morgan fingerprint density at radius 1 is 1.00 bits per heavy atom. The minimum absolute atomic E-state index is 0.0661. The maximum Gasteiger partial charge on any atom is 0.255 e. The van der Waals surface area contributed by atoms with Crippen LogP contribution in [0.3, 0.4) is 0 Å². The van der Waals surface area contributed by atoms with Crippen LogP contribution in [0.5, 0.6) is 0 Å². The number of hydrogen-bond donors (Lipinski definition) is 2. The Kier molecular flexibility index (Phi) is 4.99. The van der Waals surface area contributed by atoms with Crippen molar-refractivity contribution in [3.05, 3.63) is 57.0 Å². The number of sulfonamides is 1. The minimum atomic E-state index is -4.03. The van der Waals surface area contributed by atoms with Crippen molar-refractivity contribution in [1.29, 1.82) is 0 Å². The Bertz CT molecular complexity index is 854. The molecule has 0 spiro atoms. The van der Waals surface area contributed by atoms with Gasteiger partial charge in [0.2, 0.25) is 10.0 Å². The lowest BCUT2D eigenvalue weighted by Gasteiger charge is -2.09. The highest BCUT2D eigenvalue weighted by molar-refractivity contribution is 7.89. The third-order valence-corrected chi connectivity index (χ3v) is 4.62. The van der Waals surface area contributed by atoms with Gasteiger partial charge in [-0.05, 0) is 36.4 Å². The highest BCUT2D eigenvalue weighted by atomic mass is 35.5. The van der Waals surface area contributed by atoms with Gasteiger partial charge in [0.05, 0.1) is 15.7 Å². The lowest BCUT2D eigenvalue weighted by Crippen LogP contribution is -2.16. The molecule has 0 fully saturated rings. The molecule has 0 heterocycles. The Morgan fingerprint density at radius 3 is 2.27 bits per heavy atom. The molecule has 2 aromatic carbocycles. The van der Waals surface area contributed by atoms with E-state index >= 15 is 0 Å². The van der Waals surface area contributed by atoms with E-state index in [1.165, 1.54) is 24.3 Å². The fourth-order valence-electron chi connectivity index (χ4n) is 1.65. The van der Waals surface area contributed by atoms with Crippen LogP contribution in [0.25, 0.3) is 0 Å². The molecule has 2 aromatic rings. The molecule has 3 N–H and O–H groups in total. The van der Waals surface area contributed by atoms with Gasteiger partial charge in [-0.15, -0.1) is 0 Å². The van der Waals surface area contributed by atoms with Crippen LogP contribution in [0.1, 0.15) is 10.4 Å². The van der Waals surface area contributed by atoms with Gasteiger partial charge in [0.25, 0.3) is 5.91 Å². The Labute approximate surface area is 142 Å². The topological polar surface area (TPSA) is 89.3 Å². The van der Waals surface area contributed by atoms with Crippen molar-refractivity contribution in [2.75, 3.05) is 5.32 Å². The second kappa shape index (κ2) is 6.44. The van der Waals surface area contributed by atoms with Crippen LogP contribution in [-0.2, 0) is 10.0 Å². The van der Waals surface area contributed by atoms with Gasteiger partial charge in [-0.2, -0.15) is 0 Å². The molecule has 116 valence electrons. The molecule has 0 aliphatic heterocycles. The number of anilines is 1. The normalized spacial score (nSPS) is 11.3. The third-order valence-electron chi connectivity index (χ3n) is 2.68. The second-order valence-electron chi connectivity index (χ2n) is 4.27. The van der Waals surface area contributed by atoms with Crippen molar-refractivity contribution < 1.29 is 13.2 Å². The van der Waals surface area contributed by atoms with Crippen LogP contribution < -0.4 is 10.5 Å². The van der Waals surface area contributed by atoms with Crippen molar-refractivity contribution in [2.45, 2.75) is 4.90 Å². The molecule has 0 atom stereocenters. The van der Waals surface area contributed by atoms with Crippen LogP contribution in [0.15, 0.2) is 41.3 Å². The van der Waals surface area contributed by atoms with E-state index in [4.69, 9.17) is 39.9 Å². The maximum atomic E-state index is 12.2. The summed E-state index contributed by atoms with van der Waals surface area (Å²) < 4.78 is 22.8. The molecular weight excluding hydrogens is 371 g/mol. The van der Waals surface area contributed by atoms with Crippen molar-refractivity contribution in [3.8, 4) is 0 Å². The standard InChI is InChI=1S/C13H9Cl3N2O3S/c14-8-2-4-11(10(16)6-8)18-13(19)7-1-3-9(15)12(5-7)22(17,20)21/h1-6H,(H,18,19)(H2,17,20,21). The fourth-order valence-corrected chi connectivity index (χ4v) is 3.17. The number of nitrogens with two attached hydrogens (primary N) is 1. The first-order valence-electron chi connectivity index (χ1n) is 5.77. The van der Waals surface area contributed by atoms with E-state index in [0.29, 0.717) is 10.7 Å². The molecule has 0 bridgehead atoms. The van der Waals surface area contributed by atoms with Crippen molar-refractivity contribution in [3.63, 3.8) is 0 Å². The predicted molar refractivity (Wildman–Crippen MR) is 87.2 cm³/mol. The van der Waals surface area contributed by atoms with Gasteiger partial charge < -0.3 is 5.32 Å². The number of hydrogen-bond acceptors (Lipinski definition) is 3. The lowest BCUT2D eigenvalue weighted by atomic mass is 10.2. The molecule has 9 heteroatoms. The molecular formula is C13H9Cl3N2O3S. The lowest BCUT2D eigenvalue weighted by molar-refractivity contribution is 0.102. The Morgan fingerprint density at radius 2 is 1.68 bits per heavy atom. The summed E-state index contributed by atoms with van der Waals surface area (Å²) in [5.41, 5.74) is 0.405. The zero-order valence-corrected chi connectivity index (χ0v) is 13.9. The molecule has 0 saturated heterocycles. The fraction of sp³-hybridized carbons (Fsp3) is 0. The molecule has 0 aliphatic rings. The zero-order valence-electron chi connectivity index (χ0n) is 10.8. The van der Waals surface area contributed by atoms with E-state index < -0.39 is 15.9 Å². The van der Waals surface area contributed by atoms with E-state index in [0.717, 1.165) is 6.07 Å². The van der Waals surface area contributed by atoms with Crippen LogP contribution >= 0.6 is 34.8 Å². The number of rotatable bonds is 3. The van der Waals surface area contributed by atoms with E-state index in [-0.39, 0.29) is 20.5 Å². The van der Waals surface area contributed by atoms with Crippen molar-refractivity contribution in [1.82, 2.24) is 0 Å². The van der Waals surface area contributed by atoms with Gasteiger partial charge in [-0.25, -0.2) is 13.6 Å². The number of carbonyl (C=O) groups is 1. The summed E-state index contributed by atoms with van der Waals surface area (Å²) in [5, 5.41) is 8.19. The first-order chi connectivity index (χ1) is 10.2. The number of halogens is 3. The highest BCUT2D eigenvalue weighted by Gasteiger charge is 2.17. The number of benzene rings is 2. The van der Waals surface area contributed by atoms with Gasteiger partial charge in [0.1, 0.15) is 4.90 Å². The monoisotopic (exact) mass is 378 g/mol. The van der Waals surface area contributed by atoms with Gasteiger partial charge in [0.15, 0.2) is 0 Å². The van der Waals surface area contributed by atoms with Crippen LogP contribution in [0.2, 0.25) is 15.1 Å². The molecule has 0 saturated carbocycles. The third kappa shape index (κ3) is 3.91. The first kappa shape index (κ1) is 17.1. The van der Waals surface area contributed by atoms with E-state index in [2.05, 4.69) is 5.32 Å².